The number of fused-ring (bicyclic) bond motifs is 1. The average Bonchev–Trinajstić information content (AvgIpc) is 3.28. The van der Waals surface area contributed by atoms with Gasteiger partial charge in [0.15, 0.2) is 11.5 Å². The van der Waals surface area contributed by atoms with Gasteiger partial charge < -0.3 is 10.1 Å². The Morgan fingerprint density at radius 2 is 1.82 bits per heavy atom. The lowest BCUT2D eigenvalue weighted by molar-refractivity contribution is -0.0363. The van der Waals surface area contributed by atoms with Gasteiger partial charge in [0.05, 0.1) is 34.7 Å². The van der Waals surface area contributed by atoms with E-state index >= 15 is 0 Å². The first-order valence-electron chi connectivity index (χ1n) is 12.9. The molecular weight excluding hydrogens is 540 g/mol. The van der Waals surface area contributed by atoms with Crippen molar-refractivity contribution in [3.63, 3.8) is 0 Å². The van der Waals surface area contributed by atoms with E-state index in [0.29, 0.717) is 48.0 Å². The topological polar surface area (TPSA) is 115 Å². The lowest BCUT2D eigenvalue weighted by Gasteiger charge is -2.25. The molecule has 1 saturated heterocycles. The van der Waals surface area contributed by atoms with Gasteiger partial charge in [-0.25, -0.2) is 37.1 Å². The number of rotatable bonds is 8. The molecule has 1 aromatic carbocycles. The fourth-order valence-electron chi connectivity index (χ4n) is 4.93. The molecule has 212 valence electrons. The van der Waals surface area contributed by atoms with Crippen LogP contribution in [0.5, 0.6) is 0 Å². The Bertz CT molecular complexity index is 1630. The molecule has 1 N–H and O–H groups in total. The summed E-state index contributed by atoms with van der Waals surface area (Å²) in [6, 6.07) is 10.4. The molecule has 0 radical (unpaired) electrons. The average molecular weight is 572 g/mol. The van der Waals surface area contributed by atoms with Crippen molar-refractivity contribution in [2.24, 2.45) is 0 Å². The molecule has 1 aliphatic rings. The molecule has 10 nitrogen and oxygen atoms in total. The lowest BCUT2D eigenvalue weighted by atomic mass is 10.1. The van der Waals surface area contributed by atoms with Crippen molar-refractivity contribution < 1.29 is 21.9 Å². The number of anilines is 3. The second-order valence-corrected chi connectivity index (χ2v) is 11.9. The monoisotopic (exact) mass is 571 g/mol. The van der Waals surface area contributed by atoms with E-state index in [1.165, 1.54) is 11.6 Å². The molecule has 0 aliphatic carbocycles. The molecule has 0 amide bonds. The molecule has 1 atom stereocenters. The van der Waals surface area contributed by atoms with Crippen molar-refractivity contribution in [1.29, 1.82) is 0 Å². The van der Waals surface area contributed by atoms with Crippen molar-refractivity contribution in [2.75, 3.05) is 29.5 Å². The standard InChI is InChI=1S/C27H31F2N7O3S/c1-16-13-18(31-17(2)30-16)14-19-15-21(33-20-9-5-6-10-22(20)35(3)40(4,37)38)24-26(32-19)36(27(34-24)25(28)29)23-11-7-8-12-39-23/h5-6,9-10,13,15,23,25H,7-8,11-12,14H2,1-4H3,(H,32,33). The van der Waals surface area contributed by atoms with E-state index in [1.54, 1.807) is 37.3 Å². The minimum absolute atomic E-state index is 0.236. The van der Waals surface area contributed by atoms with Crippen molar-refractivity contribution in [1.82, 2.24) is 24.5 Å². The Kier molecular flexibility index (Phi) is 7.69. The molecule has 5 rings (SSSR count). The summed E-state index contributed by atoms with van der Waals surface area (Å²) in [6.07, 6.45) is 0.210. The number of hydrogen-bond donors (Lipinski definition) is 1. The van der Waals surface area contributed by atoms with E-state index < -0.39 is 28.5 Å². The Hall–Kier alpha value is -3.71. The van der Waals surface area contributed by atoms with Crippen LogP contribution in [0.3, 0.4) is 0 Å². The quantitative estimate of drug-likeness (QED) is 0.307. The van der Waals surface area contributed by atoms with Gasteiger partial charge in [-0.2, -0.15) is 0 Å². The van der Waals surface area contributed by atoms with Gasteiger partial charge in [0, 0.05) is 25.8 Å². The fraction of sp³-hybridized carbons (Fsp3) is 0.407. The first-order chi connectivity index (χ1) is 19.0. The lowest BCUT2D eigenvalue weighted by Crippen LogP contribution is -2.25. The Morgan fingerprint density at radius 3 is 2.50 bits per heavy atom. The van der Waals surface area contributed by atoms with E-state index in [2.05, 4.69) is 20.3 Å². The van der Waals surface area contributed by atoms with Crippen LogP contribution in [0.4, 0.5) is 25.8 Å². The Balaban J connectivity index is 1.69. The number of aromatic nitrogens is 5. The van der Waals surface area contributed by atoms with E-state index in [4.69, 9.17) is 9.72 Å². The second kappa shape index (κ2) is 11.0. The molecule has 3 aromatic heterocycles. The van der Waals surface area contributed by atoms with Crippen LogP contribution in [0.2, 0.25) is 0 Å². The summed E-state index contributed by atoms with van der Waals surface area (Å²) in [5, 5.41) is 3.26. The highest BCUT2D eigenvalue weighted by Gasteiger charge is 2.29. The molecule has 1 fully saturated rings. The fourth-order valence-corrected chi connectivity index (χ4v) is 5.45. The first-order valence-corrected chi connectivity index (χ1v) is 14.8. The smallest absolute Gasteiger partial charge is 0.295 e. The molecular formula is C27H31F2N7O3S. The number of ether oxygens (including phenoxy) is 1. The molecule has 0 bridgehead atoms. The van der Waals surface area contributed by atoms with Crippen LogP contribution in [0.1, 0.15) is 60.6 Å². The predicted octanol–water partition coefficient (Wildman–Crippen LogP) is 5.21. The first kappa shape index (κ1) is 27.8. The van der Waals surface area contributed by atoms with Crippen molar-refractivity contribution >= 4 is 38.2 Å². The van der Waals surface area contributed by atoms with Gasteiger partial charge in [-0.3, -0.25) is 8.87 Å². The summed E-state index contributed by atoms with van der Waals surface area (Å²) >= 11 is 0. The molecule has 4 aromatic rings. The molecule has 13 heteroatoms. The number of pyridine rings is 1. The number of benzene rings is 1. The summed E-state index contributed by atoms with van der Waals surface area (Å²) in [5.41, 5.74) is 3.87. The van der Waals surface area contributed by atoms with Crippen molar-refractivity contribution in [3.05, 3.63) is 65.1 Å². The molecule has 0 spiro atoms. The number of nitrogens with zero attached hydrogens (tertiary/aromatic N) is 6. The normalized spacial score (nSPS) is 16.0. The number of alkyl halides is 2. The highest BCUT2D eigenvalue weighted by molar-refractivity contribution is 7.92. The van der Waals surface area contributed by atoms with Gasteiger partial charge in [-0.05, 0) is 57.4 Å². The number of nitrogens with one attached hydrogen (secondary N) is 1. The maximum absolute atomic E-state index is 14.3. The number of imidazole rings is 1. The van der Waals surface area contributed by atoms with Crippen LogP contribution >= 0.6 is 0 Å². The van der Waals surface area contributed by atoms with Crippen LogP contribution < -0.4 is 9.62 Å². The minimum atomic E-state index is -3.57. The summed E-state index contributed by atoms with van der Waals surface area (Å²) in [5.74, 6) is 0.192. The Labute approximate surface area is 231 Å². The molecule has 0 saturated carbocycles. The number of halogens is 2. The van der Waals surface area contributed by atoms with Gasteiger partial charge in [0.2, 0.25) is 10.0 Å². The Morgan fingerprint density at radius 1 is 1.07 bits per heavy atom. The molecule has 4 heterocycles. The number of sulfonamides is 1. The van der Waals surface area contributed by atoms with E-state index in [-0.39, 0.29) is 11.2 Å². The molecule has 1 aliphatic heterocycles. The number of aryl methyl sites for hydroxylation is 2. The van der Waals surface area contributed by atoms with Crippen LogP contribution in [-0.2, 0) is 21.2 Å². The summed E-state index contributed by atoms with van der Waals surface area (Å²) in [4.78, 5) is 18.0. The summed E-state index contributed by atoms with van der Waals surface area (Å²) < 4.78 is 61.8. The van der Waals surface area contributed by atoms with Crippen LogP contribution in [-0.4, -0.2) is 52.8 Å². The van der Waals surface area contributed by atoms with Gasteiger partial charge in [0.1, 0.15) is 17.6 Å². The highest BCUT2D eigenvalue weighted by atomic mass is 32.2. The van der Waals surface area contributed by atoms with Crippen LogP contribution in [0, 0.1) is 13.8 Å². The van der Waals surface area contributed by atoms with Gasteiger partial charge in [-0.15, -0.1) is 0 Å². The molecule has 1 unspecified atom stereocenters. The van der Waals surface area contributed by atoms with Crippen molar-refractivity contribution in [2.45, 2.75) is 52.2 Å². The van der Waals surface area contributed by atoms with E-state index in [0.717, 1.165) is 34.8 Å². The largest absolute Gasteiger partial charge is 0.358 e. The van der Waals surface area contributed by atoms with Crippen molar-refractivity contribution in [3.8, 4) is 0 Å². The summed E-state index contributed by atoms with van der Waals surface area (Å²) in [7, 11) is -2.12. The SMILES string of the molecule is Cc1cc(Cc2cc(Nc3ccccc3N(C)S(C)(=O)=O)c3nc(C(F)F)n(C4CCCCO4)c3n2)nc(C)n1. The van der Waals surface area contributed by atoms with Gasteiger partial charge in [0.25, 0.3) is 6.43 Å². The van der Waals surface area contributed by atoms with E-state index in [9.17, 15) is 17.2 Å². The van der Waals surface area contributed by atoms with Crippen LogP contribution in [0.25, 0.3) is 11.2 Å². The third-order valence-electron chi connectivity index (χ3n) is 6.76. The van der Waals surface area contributed by atoms with Gasteiger partial charge in [-0.1, -0.05) is 12.1 Å². The summed E-state index contributed by atoms with van der Waals surface area (Å²) in [6.45, 7) is 4.14. The highest BCUT2D eigenvalue weighted by Crippen LogP contribution is 2.37. The molecule has 40 heavy (non-hydrogen) atoms. The third-order valence-corrected chi connectivity index (χ3v) is 7.95. The number of hydrogen-bond acceptors (Lipinski definition) is 8. The van der Waals surface area contributed by atoms with E-state index in [1.807, 2.05) is 13.0 Å². The zero-order chi connectivity index (χ0) is 28.6. The maximum atomic E-state index is 14.3. The van der Waals surface area contributed by atoms with Gasteiger partial charge >= 0.3 is 0 Å². The van der Waals surface area contributed by atoms with Crippen LogP contribution in [0.15, 0.2) is 36.4 Å². The predicted molar refractivity (Wildman–Crippen MR) is 149 cm³/mol. The zero-order valence-electron chi connectivity index (χ0n) is 22.7. The minimum Gasteiger partial charge on any atom is -0.358 e. The number of para-hydroxylation sites is 2. The third kappa shape index (κ3) is 5.75. The zero-order valence-corrected chi connectivity index (χ0v) is 23.5. The maximum Gasteiger partial charge on any atom is 0.295 e. The second-order valence-electron chi connectivity index (χ2n) is 9.89.